The van der Waals surface area contributed by atoms with Crippen LogP contribution < -0.4 is 10.9 Å². The minimum absolute atomic E-state index is 0.105. The van der Waals surface area contributed by atoms with Gasteiger partial charge in [-0.05, 0) is 56.4 Å². The molecular weight excluding hydrogens is 517 g/mol. The molecule has 0 bridgehead atoms. The highest BCUT2D eigenvalue weighted by molar-refractivity contribution is 5.90. The standard InChI is InChI=1S/C27H34FN5O3.2CH4O/c1-17(2)14-20-25(28)18(3)29-22-15-19(30-26(20)22)16-33-13-9-10-21(27(33)36)31-23(34)11-7-6-8-12-24(35)32(4)5;2*1-2/h8-10,12-13,15,17,30H,6-7,11,14,16H2,1-5H3,(H,31,34);2*2H,1H3/b12-8+;;. The van der Waals surface area contributed by atoms with Crippen LogP contribution in [0.15, 0.2) is 41.3 Å². The lowest BCUT2D eigenvalue weighted by Gasteiger charge is -2.10. The summed E-state index contributed by atoms with van der Waals surface area (Å²) >= 11 is 0. The van der Waals surface area contributed by atoms with Crippen molar-refractivity contribution in [2.75, 3.05) is 33.6 Å². The number of likely N-dealkylation sites (N-methyl/N-ethyl adjacent to an activating group) is 1. The third kappa shape index (κ3) is 9.73. The fourth-order valence-electron chi connectivity index (χ4n) is 3.93. The quantitative estimate of drug-likeness (QED) is 0.222. The third-order valence-electron chi connectivity index (χ3n) is 5.75. The molecule has 0 aromatic carbocycles. The summed E-state index contributed by atoms with van der Waals surface area (Å²) in [6, 6.07) is 5.10. The van der Waals surface area contributed by atoms with Crippen LogP contribution in [-0.4, -0.2) is 69.8 Å². The number of nitrogens with one attached hydrogen (secondary N) is 2. The van der Waals surface area contributed by atoms with Crippen LogP contribution in [0.25, 0.3) is 11.0 Å². The molecule has 3 aromatic heterocycles. The van der Waals surface area contributed by atoms with E-state index in [2.05, 4.69) is 15.3 Å². The van der Waals surface area contributed by atoms with Crippen molar-refractivity contribution in [2.24, 2.45) is 5.92 Å². The molecule has 0 aliphatic carbocycles. The first kappa shape index (κ1) is 34.2. The van der Waals surface area contributed by atoms with Crippen LogP contribution in [0.4, 0.5) is 10.1 Å². The molecule has 0 aliphatic rings. The van der Waals surface area contributed by atoms with Crippen molar-refractivity contribution in [1.82, 2.24) is 19.4 Å². The van der Waals surface area contributed by atoms with Gasteiger partial charge in [0.25, 0.3) is 5.56 Å². The van der Waals surface area contributed by atoms with E-state index in [1.165, 1.54) is 15.5 Å². The maximum Gasteiger partial charge on any atom is 0.274 e. The molecule has 0 atom stereocenters. The number of nitrogens with zero attached hydrogens (tertiary/aromatic N) is 3. The van der Waals surface area contributed by atoms with Crippen molar-refractivity contribution >= 4 is 28.5 Å². The molecule has 3 rings (SSSR count). The van der Waals surface area contributed by atoms with Gasteiger partial charge in [-0.25, -0.2) is 9.37 Å². The fraction of sp³-hybridized carbons (Fsp3) is 0.448. The number of aliphatic hydroxyl groups is 2. The smallest absolute Gasteiger partial charge is 0.274 e. The Morgan fingerprint density at radius 2 is 1.90 bits per heavy atom. The molecular formula is C29H42FN5O5. The first-order valence-electron chi connectivity index (χ1n) is 13.0. The Kier molecular flexibility index (Phi) is 14.5. The van der Waals surface area contributed by atoms with Crippen molar-refractivity contribution < 1.29 is 24.2 Å². The number of hydrogen-bond acceptors (Lipinski definition) is 6. The van der Waals surface area contributed by atoms with E-state index in [9.17, 15) is 18.8 Å². The van der Waals surface area contributed by atoms with E-state index < -0.39 is 0 Å². The second-order valence-corrected chi connectivity index (χ2v) is 9.57. The Labute approximate surface area is 234 Å². The van der Waals surface area contributed by atoms with Gasteiger partial charge in [0.1, 0.15) is 11.5 Å². The molecule has 3 aromatic rings. The maximum atomic E-state index is 14.8. The van der Waals surface area contributed by atoms with Gasteiger partial charge < -0.3 is 30.0 Å². The summed E-state index contributed by atoms with van der Waals surface area (Å²) in [5, 5.41) is 16.7. The number of pyridine rings is 2. The Morgan fingerprint density at radius 1 is 1.23 bits per heavy atom. The molecule has 4 N–H and O–H groups in total. The zero-order chi connectivity index (χ0) is 30.4. The summed E-state index contributed by atoms with van der Waals surface area (Å²) in [6.07, 6.45) is 6.81. The van der Waals surface area contributed by atoms with Gasteiger partial charge in [-0.3, -0.25) is 14.4 Å². The van der Waals surface area contributed by atoms with Crippen LogP contribution in [0.2, 0.25) is 0 Å². The maximum absolute atomic E-state index is 14.8. The number of amides is 2. The summed E-state index contributed by atoms with van der Waals surface area (Å²) in [6.45, 7) is 5.95. The van der Waals surface area contributed by atoms with E-state index in [4.69, 9.17) is 10.2 Å². The Balaban J connectivity index is 0.00000191. The summed E-state index contributed by atoms with van der Waals surface area (Å²) in [7, 11) is 5.35. The molecule has 40 heavy (non-hydrogen) atoms. The SMILES string of the molecule is CO.CO.Cc1nc2cc(Cn3cccc(NC(=O)CCC/C=C/C(=O)N(C)C)c3=O)[nH]c2c(CC(C)C)c1F. The number of carbonyl (C=O) groups excluding carboxylic acids is 2. The molecule has 0 fully saturated rings. The van der Waals surface area contributed by atoms with Crippen LogP contribution in [0, 0.1) is 18.7 Å². The molecule has 0 unspecified atom stereocenters. The van der Waals surface area contributed by atoms with Crippen LogP contribution in [-0.2, 0) is 22.6 Å². The number of aliphatic hydroxyl groups excluding tert-OH is 2. The molecule has 3 heterocycles. The topological polar surface area (TPSA) is 141 Å². The molecule has 0 saturated heterocycles. The van der Waals surface area contributed by atoms with E-state index in [-0.39, 0.29) is 47.8 Å². The van der Waals surface area contributed by atoms with Crippen LogP contribution >= 0.6 is 0 Å². The largest absolute Gasteiger partial charge is 0.400 e. The number of aromatic nitrogens is 3. The minimum Gasteiger partial charge on any atom is -0.400 e. The molecule has 11 heteroatoms. The number of fused-ring (bicyclic) bond motifs is 1. The van der Waals surface area contributed by atoms with Gasteiger partial charge in [0.2, 0.25) is 11.8 Å². The van der Waals surface area contributed by atoms with Crippen LogP contribution in [0.1, 0.15) is 50.1 Å². The first-order valence-corrected chi connectivity index (χ1v) is 13.0. The Bertz CT molecular complexity index is 1340. The normalized spacial score (nSPS) is 10.7. The van der Waals surface area contributed by atoms with Crippen molar-refractivity contribution in [2.45, 2.75) is 53.0 Å². The summed E-state index contributed by atoms with van der Waals surface area (Å²) < 4.78 is 16.3. The van der Waals surface area contributed by atoms with Crippen molar-refractivity contribution in [3.8, 4) is 0 Å². The van der Waals surface area contributed by atoms with Gasteiger partial charge in [0.15, 0.2) is 0 Å². The van der Waals surface area contributed by atoms with Gasteiger partial charge in [-0.1, -0.05) is 19.9 Å². The number of H-pyrrole nitrogens is 1. The second-order valence-electron chi connectivity index (χ2n) is 9.57. The highest BCUT2D eigenvalue weighted by Crippen LogP contribution is 2.25. The van der Waals surface area contributed by atoms with Crippen LogP contribution in [0.5, 0.6) is 0 Å². The molecule has 220 valence electrons. The average Bonchev–Trinajstić information content (AvgIpc) is 3.32. The van der Waals surface area contributed by atoms with Gasteiger partial charge >= 0.3 is 0 Å². The van der Waals surface area contributed by atoms with Crippen LogP contribution in [0.3, 0.4) is 0 Å². The lowest BCUT2D eigenvalue weighted by Crippen LogP contribution is -2.25. The van der Waals surface area contributed by atoms with Gasteiger partial charge in [0.05, 0.1) is 23.3 Å². The van der Waals surface area contributed by atoms with E-state index in [1.807, 2.05) is 19.9 Å². The molecule has 10 nitrogen and oxygen atoms in total. The predicted octanol–water partition coefficient (Wildman–Crippen LogP) is 3.39. The minimum atomic E-state index is -0.335. The lowest BCUT2D eigenvalue weighted by atomic mass is 10.0. The molecule has 0 radical (unpaired) electrons. The lowest BCUT2D eigenvalue weighted by molar-refractivity contribution is -0.123. The predicted molar refractivity (Wildman–Crippen MR) is 156 cm³/mol. The number of rotatable bonds is 10. The number of halogens is 1. The van der Waals surface area contributed by atoms with E-state index >= 15 is 0 Å². The van der Waals surface area contributed by atoms with Gasteiger partial charge in [0, 0.05) is 52.2 Å². The molecule has 2 amide bonds. The van der Waals surface area contributed by atoms with E-state index in [1.54, 1.807) is 45.4 Å². The van der Waals surface area contributed by atoms with E-state index in [0.29, 0.717) is 41.6 Å². The first-order chi connectivity index (χ1) is 19.1. The molecule has 0 spiro atoms. The Morgan fingerprint density at radius 3 is 2.52 bits per heavy atom. The number of allylic oxidation sites excluding steroid dienone is 1. The highest BCUT2D eigenvalue weighted by atomic mass is 19.1. The molecule has 0 aliphatic heterocycles. The number of unbranched alkanes of at least 4 members (excludes halogenated alkanes) is 1. The summed E-state index contributed by atoms with van der Waals surface area (Å²) in [5.41, 5.74) is 2.85. The Hall–Kier alpha value is -3.83. The second kappa shape index (κ2) is 17.0. The highest BCUT2D eigenvalue weighted by Gasteiger charge is 2.17. The van der Waals surface area contributed by atoms with Crippen molar-refractivity contribution in [1.29, 1.82) is 0 Å². The van der Waals surface area contributed by atoms with Gasteiger partial charge in [-0.15, -0.1) is 0 Å². The van der Waals surface area contributed by atoms with Crippen molar-refractivity contribution in [3.05, 3.63) is 69.7 Å². The number of aryl methyl sites for hydroxylation is 1. The third-order valence-corrected chi connectivity index (χ3v) is 5.75. The monoisotopic (exact) mass is 559 g/mol. The number of carbonyl (C=O) groups is 2. The average molecular weight is 560 g/mol. The summed E-state index contributed by atoms with van der Waals surface area (Å²) in [4.78, 5) is 45.9. The number of aromatic amines is 1. The van der Waals surface area contributed by atoms with Gasteiger partial charge in [-0.2, -0.15) is 0 Å². The zero-order valence-corrected chi connectivity index (χ0v) is 24.4. The zero-order valence-electron chi connectivity index (χ0n) is 24.4. The fourth-order valence-corrected chi connectivity index (χ4v) is 3.93. The van der Waals surface area contributed by atoms with Crippen molar-refractivity contribution in [3.63, 3.8) is 0 Å². The van der Waals surface area contributed by atoms with E-state index in [0.717, 1.165) is 19.9 Å². The molecule has 0 saturated carbocycles. The summed E-state index contributed by atoms with van der Waals surface area (Å²) in [5.74, 6) is -0.398. The number of anilines is 1. The number of hydrogen-bond donors (Lipinski definition) is 4.